The van der Waals surface area contributed by atoms with Gasteiger partial charge in [-0.2, -0.15) is 5.26 Å². The largest absolute Gasteiger partial charge is 0.192 e. The van der Waals surface area contributed by atoms with Crippen LogP contribution in [0.5, 0.6) is 0 Å². The molecule has 0 unspecified atom stereocenters. The van der Waals surface area contributed by atoms with E-state index in [4.69, 9.17) is 5.26 Å². The smallest absolute Gasteiger partial charge is 0.0991 e. The SMILES string of the molecule is C=C/C(C)=C(\C=C/C)c1ccc(-c2ccc(C#N)cc2)cc1. The van der Waals surface area contributed by atoms with Crippen LogP contribution in [-0.4, -0.2) is 0 Å². The maximum Gasteiger partial charge on any atom is 0.0991 e. The van der Waals surface area contributed by atoms with Gasteiger partial charge in [0.1, 0.15) is 0 Å². The van der Waals surface area contributed by atoms with Gasteiger partial charge in [-0.3, -0.25) is 0 Å². The van der Waals surface area contributed by atoms with E-state index in [0.717, 1.165) is 16.7 Å². The molecule has 0 amide bonds. The lowest BCUT2D eigenvalue weighted by atomic mass is 9.97. The molecule has 0 spiro atoms. The maximum atomic E-state index is 8.85. The maximum absolute atomic E-state index is 8.85. The molecule has 0 radical (unpaired) electrons. The highest BCUT2D eigenvalue weighted by Crippen LogP contribution is 2.25. The van der Waals surface area contributed by atoms with Crippen molar-refractivity contribution < 1.29 is 0 Å². The molecule has 0 saturated heterocycles. The van der Waals surface area contributed by atoms with Gasteiger partial charge in [-0.15, -0.1) is 0 Å². The summed E-state index contributed by atoms with van der Waals surface area (Å²) in [5, 5.41) is 8.85. The van der Waals surface area contributed by atoms with Crippen LogP contribution in [0.1, 0.15) is 25.0 Å². The molecule has 1 nitrogen and oxygen atoms in total. The van der Waals surface area contributed by atoms with Crippen LogP contribution < -0.4 is 0 Å². The van der Waals surface area contributed by atoms with E-state index in [2.05, 4.69) is 49.9 Å². The van der Waals surface area contributed by atoms with Crippen LogP contribution in [0.3, 0.4) is 0 Å². The quantitative estimate of drug-likeness (QED) is 0.655. The van der Waals surface area contributed by atoms with Crippen molar-refractivity contribution in [2.75, 3.05) is 0 Å². The van der Waals surface area contributed by atoms with Crippen LogP contribution in [0, 0.1) is 11.3 Å². The van der Waals surface area contributed by atoms with Crippen molar-refractivity contribution in [1.82, 2.24) is 0 Å². The third-order valence-corrected chi connectivity index (χ3v) is 3.61. The average molecular weight is 285 g/mol. The van der Waals surface area contributed by atoms with E-state index in [-0.39, 0.29) is 0 Å². The fraction of sp³-hybridized carbons (Fsp3) is 0.0952. The van der Waals surface area contributed by atoms with Gasteiger partial charge >= 0.3 is 0 Å². The molecule has 0 bridgehead atoms. The van der Waals surface area contributed by atoms with E-state index in [1.54, 1.807) is 0 Å². The zero-order chi connectivity index (χ0) is 15.9. The fourth-order valence-corrected chi connectivity index (χ4v) is 2.31. The molecule has 0 fully saturated rings. The molecular formula is C21H19N. The summed E-state index contributed by atoms with van der Waals surface area (Å²) in [5.74, 6) is 0. The highest BCUT2D eigenvalue weighted by atomic mass is 14.2. The van der Waals surface area contributed by atoms with Gasteiger partial charge < -0.3 is 0 Å². The highest BCUT2D eigenvalue weighted by molar-refractivity contribution is 5.79. The summed E-state index contributed by atoms with van der Waals surface area (Å²) in [5.41, 5.74) is 6.45. The Hall–Kier alpha value is -2.85. The van der Waals surface area contributed by atoms with Crippen LogP contribution in [0.2, 0.25) is 0 Å². The van der Waals surface area contributed by atoms with Gasteiger partial charge in [0.15, 0.2) is 0 Å². The van der Waals surface area contributed by atoms with Crippen LogP contribution in [-0.2, 0) is 0 Å². The number of hydrogen-bond acceptors (Lipinski definition) is 1. The fourth-order valence-electron chi connectivity index (χ4n) is 2.31. The van der Waals surface area contributed by atoms with E-state index in [1.807, 2.05) is 43.3 Å². The van der Waals surface area contributed by atoms with Crippen molar-refractivity contribution in [3.05, 3.63) is 90.0 Å². The van der Waals surface area contributed by atoms with E-state index >= 15 is 0 Å². The van der Waals surface area contributed by atoms with Crippen LogP contribution in [0.25, 0.3) is 16.7 Å². The zero-order valence-electron chi connectivity index (χ0n) is 13.0. The third-order valence-electron chi connectivity index (χ3n) is 3.61. The first-order chi connectivity index (χ1) is 10.7. The van der Waals surface area contributed by atoms with Gasteiger partial charge in [0.05, 0.1) is 11.6 Å². The molecule has 2 aromatic carbocycles. The molecule has 0 saturated carbocycles. The van der Waals surface area contributed by atoms with Gasteiger partial charge in [-0.25, -0.2) is 0 Å². The summed E-state index contributed by atoms with van der Waals surface area (Å²) in [6, 6.07) is 18.2. The number of hydrogen-bond donors (Lipinski definition) is 0. The van der Waals surface area contributed by atoms with E-state index in [0.29, 0.717) is 5.56 Å². The summed E-state index contributed by atoms with van der Waals surface area (Å²) in [6.45, 7) is 7.93. The third kappa shape index (κ3) is 3.42. The Morgan fingerprint density at radius 3 is 2.00 bits per heavy atom. The number of rotatable bonds is 4. The number of nitrogens with zero attached hydrogens (tertiary/aromatic N) is 1. The van der Waals surface area contributed by atoms with Crippen molar-refractivity contribution in [2.45, 2.75) is 13.8 Å². The average Bonchev–Trinajstić information content (AvgIpc) is 2.59. The van der Waals surface area contributed by atoms with Crippen LogP contribution in [0.15, 0.2) is 78.9 Å². The van der Waals surface area contributed by atoms with Gasteiger partial charge in [-0.05, 0) is 53.8 Å². The summed E-state index contributed by atoms with van der Waals surface area (Å²) in [4.78, 5) is 0. The Bertz CT molecular complexity index is 751. The lowest BCUT2D eigenvalue weighted by molar-refractivity contribution is 1.48. The summed E-state index contributed by atoms with van der Waals surface area (Å²) >= 11 is 0. The first kappa shape index (κ1) is 15.5. The lowest BCUT2D eigenvalue weighted by Crippen LogP contribution is -1.86. The second-order valence-electron chi connectivity index (χ2n) is 5.07. The van der Waals surface area contributed by atoms with E-state index in [9.17, 15) is 0 Å². The molecule has 22 heavy (non-hydrogen) atoms. The summed E-state index contributed by atoms with van der Waals surface area (Å²) in [6.07, 6.45) is 6.02. The molecule has 108 valence electrons. The van der Waals surface area contributed by atoms with Gasteiger partial charge in [0, 0.05) is 0 Å². The molecule has 0 aromatic heterocycles. The lowest BCUT2D eigenvalue weighted by Gasteiger charge is -2.08. The van der Waals surface area contributed by atoms with Crippen molar-refractivity contribution in [3.63, 3.8) is 0 Å². The molecule has 1 heteroatoms. The Morgan fingerprint density at radius 2 is 1.55 bits per heavy atom. The number of allylic oxidation sites excluding steroid dienone is 5. The van der Waals surface area contributed by atoms with Gasteiger partial charge in [0.2, 0.25) is 0 Å². The monoisotopic (exact) mass is 285 g/mol. The molecule has 0 N–H and O–H groups in total. The molecule has 0 aliphatic heterocycles. The predicted octanol–water partition coefficient (Wildman–Crippen LogP) is 5.76. The molecule has 0 aliphatic carbocycles. The van der Waals surface area contributed by atoms with Gasteiger partial charge in [-0.1, -0.05) is 61.2 Å². The minimum absolute atomic E-state index is 0.681. The molecule has 2 rings (SSSR count). The second-order valence-corrected chi connectivity index (χ2v) is 5.07. The minimum atomic E-state index is 0.681. The topological polar surface area (TPSA) is 23.8 Å². The van der Waals surface area contributed by atoms with Crippen molar-refractivity contribution in [2.24, 2.45) is 0 Å². The Kier molecular flexibility index (Phi) is 5.11. The first-order valence-corrected chi connectivity index (χ1v) is 7.26. The Morgan fingerprint density at radius 1 is 1.00 bits per heavy atom. The van der Waals surface area contributed by atoms with Crippen LogP contribution in [0.4, 0.5) is 0 Å². The zero-order valence-corrected chi connectivity index (χ0v) is 13.0. The standard InChI is InChI=1S/C21H19N/c1-4-6-21(16(3)5-2)20-13-11-19(12-14-20)18-9-7-17(15-22)8-10-18/h4-14H,2H2,1,3H3/b6-4-,21-16+. The second kappa shape index (κ2) is 7.24. The van der Waals surface area contributed by atoms with E-state index < -0.39 is 0 Å². The van der Waals surface area contributed by atoms with Gasteiger partial charge in [0.25, 0.3) is 0 Å². The van der Waals surface area contributed by atoms with Crippen molar-refractivity contribution >= 4 is 5.57 Å². The van der Waals surface area contributed by atoms with Crippen LogP contribution >= 0.6 is 0 Å². The normalized spacial score (nSPS) is 11.9. The van der Waals surface area contributed by atoms with Crippen molar-refractivity contribution in [3.8, 4) is 17.2 Å². The first-order valence-electron chi connectivity index (χ1n) is 7.26. The number of nitriles is 1. The molecule has 0 heterocycles. The summed E-state index contributed by atoms with van der Waals surface area (Å²) in [7, 11) is 0. The highest BCUT2D eigenvalue weighted by Gasteiger charge is 2.03. The predicted molar refractivity (Wildman–Crippen MR) is 94.2 cm³/mol. The minimum Gasteiger partial charge on any atom is -0.192 e. The van der Waals surface area contributed by atoms with E-state index in [1.165, 1.54) is 11.1 Å². The molecule has 2 aromatic rings. The number of benzene rings is 2. The summed E-state index contributed by atoms with van der Waals surface area (Å²) < 4.78 is 0. The molecular weight excluding hydrogens is 266 g/mol. The molecule has 0 atom stereocenters. The Balaban J connectivity index is 2.37. The molecule has 0 aliphatic rings. The Labute approximate surface area is 132 Å². The van der Waals surface area contributed by atoms with Crippen molar-refractivity contribution in [1.29, 1.82) is 5.26 Å².